The summed E-state index contributed by atoms with van der Waals surface area (Å²) in [6, 6.07) is 7.14. The van der Waals surface area contributed by atoms with E-state index in [2.05, 4.69) is 22.0 Å². The van der Waals surface area contributed by atoms with Crippen LogP contribution < -0.4 is 0 Å². The minimum Gasteiger partial charge on any atom is -0.301 e. The SMILES string of the molecule is Fc1ccccc1CN1CCN(C[C@H]2CC=CCC2)CC1. The minimum atomic E-state index is -0.0751. The molecule has 1 aromatic rings. The van der Waals surface area contributed by atoms with Gasteiger partial charge in [0.15, 0.2) is 0 Å². The number of allylic oxidation sites excluding steroid dienone is 2. The average molecular weight is 288 g/mol. The first-order valence-corrected chi connectivity index (χ1v) is 8.14. The summed E-state index contributed by atoms with van der Waals surface area (Å²) in [5.41, 5.74) is 0.823. The van der Waals surface area contributed by atoms with Gasteiger partial charge in [-0.2, -0.15) is 0 Å². The molecule has 0 saturated carbocycles. The van der Waals surface area contributed by atoms with Crippen molar-refractivity contribution < 1.29 is 4.39 Å². The van der Waals surface area contributed by atoms with Crippen LogP contribution in [0.4, 0.5) is 4.39 Å². The van der Waals surface area contributed by atoms with Gasteiger partial charge in [0.2, 0.25) is 0 Å². The Bertz CT molecular complexity index is 478. The van der Waals surface area contributed by atoms with E-state index in [0.29, 0.717) is 0 Å². The highest BCUT2D eigenvalue weighted by molar-refractivity contribution is 5.17. The lowest BCUT2D eigenvalue weighted by molar-refractivity contribution is 0.110. The molecule has 3 rings (SSSR count). The largest absolute Gasteiger partial charge is 0.301 e. The Hall–Kier alpha value is -1.19. The summed E-state index contributed by atoms with van der Waals surface area (Å²) in [5, 5.41) is 0. The number of halogens is 1. The molecular formula is C18H25FN2. The molecule has 0 aromatic heterocycles. The molecule has 21 heavy (non-hydrogen) atoms. The summed E-state index contributed by atoms with van der Waals surface area (Å²) in [5.74, 6) is 0.766. The highest BCUT2D eigenvalue weighted by Gasteiger charge is 2.20. The van der Waals surface area contributed by atoms with Gasteiger partial charge < -0.3 is 4.90 Å². The molecule has 1 aliphatic carbocycles. The zero-order valence-corrected chi connectivity index (χ0v) is 12.7. The maximum absolute atomic E-state index is 13.7. The van der Waals surface area contributed by atoms with Crippen molar-refractivity contribution in [3.63, 3.8) is 0 Å². The predicted molar refractivity (Wildman–Crippen MR) is 84.6 cm³/mol. The van der Waals surface area contributed by atoms with Crippen LogP contribution in [0.2, 0.25) is 0 Å². The fraction of sp³-hybridized carbons (Fsp3) is 0.556. The molecule has 3 heteroatoms. The highest BCUT2D eigenvalue weighted by atomic mass is 19.1. The van der Waals surface area contributed by atoms with Gasteiger partial charge in [0.05, 0.1) is 0 Å². The molecule has 1 saturated heterocycles. The number of hydrogen-bond acceptors (Lipinski definition) is 2. The van der Waals surface area contributed by atoms with E-state index in [-0.39, 0.29) is 5.82 Å². The van der Waals surface area contributed by atoms with E-state index >= 15 is 0 Å². The topological polar surface area (TPSA) is 6.48 Å². The van der Waals surface area contributed by atoms with Gasteiger partial charge in [-0.15, -0.1) is 0 Å². The van der Waals surface area contributed by atoms with Crippen LogP contribution in [0.25, 0.3) is 0 Å². The van der Waals surface area contributed by atoms with Crippen molar-refractivity contribution in [1.82, 2.24) is 9.80 Å². The fourth-order valence-corrected chi connectivity index (χ4v) is 3.38. The van der Waals surface area contributed by atoms with Crippen LogP contribution in [0.3, 0.4) is 0 Å². The second-order valence-corrected chi connectivity index (χ2v) is 6.32. The average Bonchev–Trinajstić information content (AvgIpc) is 2.52. The molecule has 1 heterocycles. The zero-order chi connectivity index (χ0) is 14.5. The van der Waals surface area contributed by atoms with Crippen molar-refractivity contribution in [2.45, 2.75) is 25.8 Å². The van der Waals surface area contributed by atoms with Crippen LogP contribution in [-0.4, -0.2) is 42.5 Å². The van der Waals surface area contributed by atoms with Gasteiger partial charge in [-0.25, -0.2) is 4.39 Å². The molecule has 1 aromatic carbocycles. The number of hydrogen-bond donors (Lipinski definition) is 0. The van der Waals surface area contributed by atoms with E-state index in [4.69, 9.17) is 0 Å². The molecular weight excluding hydrogens is 263 g/mol. The normalized spacial score (nSPS) is 24.3. The molecule has 2 aliphatic rings. The Balaban J connectivity index is 1.44. The molecule has 0 amide bonds. The van der Waals surface area contributed by atoms with Crippen molar-refractivity contribution in [1.29, 1.82) is 0 Å². The molecule has 1 aliphatic heterocycles. The molecule has 0 bridgehead atoms. The molecule has 114 valence electrons. The predicted octanol–water partition coefficient (Wildman–Crippen LogP) is 3.30. The van der Waals surface area contributed by atoms with Gasteiger partial charge in [0.25, 0.3) is 0 Å². The molecule has 0 N–H and O–H groups in total. The van der Waals surface area contributed by atoms with E-state index in [0.717, 1.165) is 44.2 Å². The summed E-state index contributed by atoms with van der Waals surface area (Å²) in [4.78, 5) is 4.96. The first-order chi connectivity index (χ1) is 10.3. The number of rotatable bonds is 4. The van der Waals surface area contributed by atoms with E-state index in [9.17, 15) is 4.39 Å². The van der Waals surface area contributed by atoms with E-state index in [1.54, 1.807) is 12.1 Å². The maximum Gasteiger partial charge on any atom is 0.127 e. The zero-order valence-electron chi connectivity index (χ0n) is 12.7. The van der Waals surface area contributed by atoms with Crippen LogP contribution in [0.5, 0.6) is 0 Å². The van der Waals surface area contributed by atoms with Gasteiger partial charge >= 0.3 is 0 Å². The monoisotopic (exact) mass is 288 g/mol. The quantitative estimate of drug-likeness (QED) is 0.784. The first kappa shape index (κ1) is 14.7. The molecule has 2 nitrogen and oxygen atoms in total. The van der Waals surface area contributed by atoms with E-state index in [1.165, 1.54) is 25.8 Å². The molecule has 0 radical (unpaired) electrons. The Labute approximate surface area is 127 Å². The standard InChI is InChI=1S/C18H25FN2/c19-18-9-5-4-8-17(18)15-21-12-10-20(11-13-21)14-16-6-2-1-3-7-16/h1-2,4-5,8-9,16H,3,6-7,10-15H2/t16-/m0/s1. The van der Waals surface area contributed by atoms with Crippen molar-refractivity contribution in [2.24, 2.45) is 5.92 Å². The third-order valence-electron chi connectivity index (χ3n) is 4.71. The summed E-state index contributed by atoms with van der Waals surface area (Å²) in [6.45, 7) is 6.32. The minimum absolute atomic E-state index is 0.0751. The van der Waals surface area contributed by atoms with E-state index in [1.807, 2.05) is 12.1 Å². The van der Waals surface area contributed by atoms with Gasteiger partial charge in [-0.05, 0) is 31.2 Å². The van der Waals surface area contributed by atoms with Gasteiger partial charge in [0.1, 0.15) is 5.82 Å². The summed E-state index contributed by atoms with van der Waals surface area (Å²) in [7, 11) is 0. The lowest BCUT2D eigenvalue weighted by Gasteiger charge is -2.36. The van der Waals surface area contributed by atoms with Crippen LogP contribution in [0.1, 0.15) is 24.8 Å². The Kier molecular flexibility index (Phi) is 5.04. The third kappa shape index (κ3) is 4.14. The van der Waals surface area contributed by atoms with Gasteiger partial charge in [0, 0.05) is 44.8 Å². The molecule has 0 unspecified atom stereocenters. The lowest BCUT2D eigenvalue weighted by Crippen LogP contribution is -2.47. The molecule has 0 spiro atoms. The first-order valence-electron chi connectivity index (χ1n) is 8.14. The van der Waals surface area contributed by atoms with Crippen molar-refractivity contribution in [2.75, 3.05) is 32.7 Å². The fourth-order valence-electron chi connectivity index (χ4n) is 3.38. The van der Waals surface area contributed by atoms with Crippen molar-refractivity contribution >= 4 is 0 Å². The van der Waals surface area contributed by atoms with Crippen LogP contribution >= 0.6 is 0 Å². The van der Waals surface area contributed by atoms with Gasteiger partial charge in [-0.3, -0.25) is 4.90 Å². The molecule has 1 atom stereocenters. The number of piperazine rings is 1. The highest BCUT2D eigenvalue weighted by Crippen LogP contribution is 2.20. The third-order valence-corrected chi connectivity index (χ3v) is 4.71. The van der Waals surface area contributed by atoms with Crippen LogP contribution in [-0.2, 0) is 6.54 Å². The molecule has 1 fully saturated rings. The number of benzene rings is 1. The Morgan fingerprint density at radius 2 is 1.76 bits per heavy atom. The number of nitrogens with zero attached hydrogens (tertiary/aromatic N) is 2. The Morgan fingerprint density at radius 3 is 2.48 bits per heavy atom. The summed E-state index contributed by atoms with van der Waals surface area (Å²) in [6.07, 6.45) is 8.48. The van der Waals surface area contributed by atoms with Crippen LogP contribution in [0.15, 0.2) is 36.4 Å². The second-order valence-electron chi connectivity index (χ2n) is 6.32. The van der Waals surface area contributed by atoms with Crippen molar-refractivity contribution in [3.8, 4) is 0 Å². The van der Waals surface area contributed by atoms with Crippen molar-refractivity contribution in [3.05, 3.63) is 47.8 Å². The van der Waals surface area contributed by atoms with Gasteiger partial charge in [-0.1, -0.05) is 30.4 Å². The second kappa shape index (κ2) is 7.19. The smallest absolute Gasteiger partial charge is 0.127 e. The summed E-state index contributed by atoms with van der Waals surface area (Å²) < 4.78 is 13.7. The van der Waals surface area contributed by atoms with E-state index < -0.39 is 0 Å². The van der Waals surface area contributed by atoms with Crippen LogP contribution in [0, 0.1) is 11.7 Å². The summed E-state index contributed by atoms with van der Waals surface area (Å²) >= 11 is 0. The lowest BCUT2D eigenvalue weighted by atomic mass is 9.94. The maximum atomic E-state index is 13.7. The Morgan fingerprint density at radius 1 is 1.00 bits per heavy atom.